The third kappa shape index (κ3) is 1.76. The Balaban J connectivity index is 2.34. The van der Waals surface area contributed by atoms with E-state index in [1.807, 2.05) is 6.08 Å². The maximum Gasteiger partial charge on any atom is 0.211 e. The molecule has 0 N–H and O–H groups in total. The summed E-state index contributed by atoms with van der Waals surface area (Å²) in [6.07, 6.45) is 4.93. The van der Waals surface area contributed by atoms with Crippen molar-refractivity contribution in [2.75, 3.05) is 0 Å². The molecule has 1 aromatic carbocycles. The highest BCUT2D eigenvalue weighted by atomic mass is 16.1. The van der Waals surface area contributed by atoms with Crippen LogP contribution >= 0.6 is 0 Å². The van der Waals surface area contributed by atoms with Gasteiger partial charge in [0.15, 0.2) is 0 Å². The first-order valence-electron chi connectivity index (χ1n) is 5.58. The molecular weight excluding hydrogens is 195 g/mol. The van der Waals surface area contributed by atoms with Crippen LogP contribution in [0.4, 0.5) is 0 Å². The molecule has 0 aromatic heterocycles. The van der Waals surface area contributed by atoms with E-state index >= 15 is 0 Å². The molecule has 0 radical (unpaired) electrons. The normalized spacial score (nSPS) is 14.8. The highest BCUT2D eigenvalue weighted by Gasteiger charge is 2.22. The van der Waals surface area contributed by atoms with E-state index in [-0.39, 0.29) is 6.71 Å². The summed E-state index contributed by atoms with van der Waals surface area (Å²) in [7, 11) is 0. The van der Waals surface area contributed by atoms with Gasteiger partial charge in [-0.25, -0.2) is 0 Å². The van der Waals surface area contributed by atoms with E-state index in [0.717, 1.165) is 11.8 Å². The first-order chi connectivity index (χ1) is 7.63. The molecule has 0 amide bonds. The fourth-order valence-electron chi connectivity index (χ4n) is 2.06. The number of rotatable bonds is 2. The van der Waals surface area contributed by atoms with Gasteiger partial charge in [0.05, 0.1) is 0 Å². The van der Waals surface area contributed by atoms with E-state index in [4.69, 9.17) is 0 Å². The van der Waals surface area contributed by atoms with Crippen LogP contribution in [0, 0.1) is 13.8 Å². The predicted molar refractivity (Wildman–Crippen MR) is 69.7 cm³/mol. The standard InChI is InChI=1S/C14H15BO/c1-10-4-5-12(8-11(10)2)14-7-6-13(9-16)15(14)3/h4-9H,1-3H3. The van der Waals surface area contributed by atoms with Gasteiger partial charge < -0.3 is 0 Å². The van der Waals surface area contributed by atoms with Crippen LogP contribution in [0.2, 0.25) is 6.82 Å². The van der Waals surface area contributed by atoms with E-state index in [9.17, 15) is 4.79 Å². The molecule has 0 fully saturated rings. The van der Waals surface area contributed by atoms with Crippen LogP contribution in [-0.4, -0.2) is 13.0 Å². The minimum absolute atomic E-state index is 0.222. The lowest BCUT2D eigenvalue weighted by molar-refractivity contribution is -0.104. The summed E-state index contributed by atoms with van der Waals surface area (Å²) in [6.45, 7) is 6.53. The molecule has 1 aliphatic heterocycles. The van der Waals surface area contributed by atoms with Crippen molar-refractivity contribution in [1.82, 2.24) is 0 Å². The molecule has 1 aliphatic rings. The first-order valence-corrected chi connectivity index (χ1v) is 5.58. The van der Waals surface area contributed by atoms with Gasteiger partial charge in [-0.1, -0.05) is 42.6 Å². The molecule has 0 saturated carbocycles. The van der Waals surface area contributed by atoms with Gasteiger partial charge >= 0.3 is 0 Å². The molecule has 0 unspecified atom stereocenters. The Hall–Kier alpha value is -1.57. The molecule has 0 aliphatic carbocycles. The number of aldehydes is 1. The molecular formula is C14H15BO. The van der Waals surface area contributed by atoms with Crippen molar-refractivity contribution < 1.29 is 4.79 Å². The van der Waals surface area contributed by atoms with Gasteiger partial charge in [-0.3, -0.25) is 4.79 Å². The monoisotopic (exact) mass is 210 g/mol. The van der Waals surface area contributed by atoms with Crippen molar-refractivity contribution in [3.63, 3.8) is 0 Å². The van der Waals surface area contributed by atoms with Crippen molar-refractivity contribution >= 4 is 18.5 Å². The van der Waals surface area contributed by atoms with E-state index in [2.05, 4.69) is 44.9 Å². The molecule has 0 spiro atoms. The Morgan fingerprint density at radius 1 is 1.12 bits per heavy atom. The van der Waals surface area contributed by atoms with Gasteiger partial charge in [0, 0.05) is 0 Å². The average molecular weight is 210 g/mol. The van der Waals surface area contributed by atoms with E-state index in [1.165, 1.54) is 22.2 Å². The molecule has 80 valence electrons. The molecule has 0 bridgehead atoms. The number of aryl methyl sites for hydroxylation is 2. The summed E-state index contributed by atoms with van der Waals surface area (Å²) in [6, 6.07) is 6.46. The van der Waals surface area contributed by atoms with Crippen LogP contribution in [-0.2, 0) is 4.79 Å². The highest BCUT2D eigenvalue weighted by molar-refractivity contribution is 6.88. The van der Waals surface area contributed by atoms with Crippen molar-refractivity contribution in [3.05, 3.63) is 52.5 Å². The fraction of sp³-hybridized carbons (Fsp3) is 0.214. The van der Waals surface area contributed by atoms with Crippen LogP contribution in [0.3, 0.4) is 0 Å². The molecule has 0 atom stereocenters. The number of allylic oxidation sites excluding steroid dienone is 3. The first kappa shape index (κ1) is 10.9. The number of hydrogen-bond acceptors (Lipinski definition) is 1. The third-order valence-corrected chi connectivity index (χ3v) is 3.40. The van der Waals surface area contributed by atoms with Crippen molar-refractivity contribution in [2.24, 2.45) is 0 Å². The second-order valence-corrected chi connectivity index (χ2v) is 4.43. The van der Waals surface area contributed by atoms with E-state index in [0.29, 0.717) is 0 Å². The zero-order valence-electron chi connectivity index (χ0n) is 9.95. The number of carbonyl (C=O) groups excluding carboxylic acids is 1. The van der Waals surface area contributed by atoms with Crippen molar-refractivity contribution in [2.45, 2.75) is 20.7 Å². The smallest absolute Gasteiger partial charge is 0.211 e. The maximum atomic E-state index is 10.8. The van der Waals surface area contributed by atoms with Crippen LogP contribution in [0.5, 0.6) is 0 Å². The van der Waals surface area contributed by atoms with Gasteiger partial charge in [-0.15, -0.1) is 0 Å². The molecule has 2 rings (SSSR count). The second-order valence-electron chi connectivity index (χ2n) is 4.43. The van der Waals surface area contributed by atoms with Crippen molar-refractivity contribution in [1.29, 1.82) is 0 Å². The Bertz CT molecular complexity index is 497. The number of benzene rings is 1. The van der Waals surface area contributed by atoms with Gasteiger partial charge in [0.2, 0.25) is 6.71 Å². The molecule has 1 heterocycles. The zero-order valence-corrected chi connectivity index (χ0v) is 9.95. The minimum Gasteiger partial charge on any atom is -0.299 e. The summed E-state index contributed by atoms with van der Waals surface area (Å²) in [5, 5.41) is 0. The number of carbonyl (C=O) groups is 1. The molecule has 16 heavy (non-hydrogen) atoms. The Morgan fingerprint density at radius 2 is 1.88 bits per heavy atom. The molecule has 1 nitrogen and oxygen atoms in total. The quantitative estimate of drug-likeness (QED) is 0.541. The SMILES string of the molecule is CB1C(C=O)=CC=C1c1ccc(C)c(C)c1. The minimum atomic E-state index is 0.222. The predicted octanol–water partition coefficient (Wildman–Crippen LogP) is 3.03. The van der Waals surface area contributed by atoms with Crippen LogP contribution in [0.1, 0.15) is 16.7 Å². The highest BCUT2D eigenvalue weighted by Crippen LogP contribution is 2.27. The molecule has 1 aromatic rings. The fourth-order valence-corrected chi connectivity index (χ4v) is 2.06. The largest absolute Gasteiger partial charge is 0.299 e. The zero-order chi connectivity index (χ0) is 11.7. The maximum absolute atomic E-state index is 10.8. The van der Waals surface area contributed by atoms with Gasteiger partial charge in [0.1, 0.15) is 6.29 Å². The third-order valence-electron chi connectivity index (χ3n) is 3.40. The van der Waals surface area contributed by atoms with Gasteiger partial charge in [0.25, 0.3) is 0 Å². The van der Waals surface area contributed by atoms with Gasteiger partial charge in [-0.05, 0) is 36.0 Å². The number of hydrogen-bond donors (Lipinski definition) is 0. The Labute approximate surface area is 97.0 Å². The average Bonchev–Trinajstić information content (AvgIpc) is 2.64. The summed E-state index contributed by atoms with van der Waals surface area (Å²) in [5.41, 5.74) is 5.94. The molecule has 2 heteroatoms. The van der Waals surface area contributed by atoms with Crippen molar-refractivity contribution in [3.8, 4) is 0 Å². The lowest BCUT2D eigenvalue weighted by atomic mass is 9.42. The summed E-state index contributed by atoms with van der Waals surface area (Å²) in [4.78, 5) is 10.8. The molecule has 0 saturated heterocycles. The lowest BCUT2D eigenvalue weighted by Gasteiger charge is -2.10. The van der Waals surface area contributed by atoms with E-state index < -0.39 is 0 Å². The summed E-state index contributed by atoms with van der Waals surface area (Å²) < 4.78 is 0. The van der Waals surface area contributed by atoms with E-state index in [1.54, 1.807) is 0 Å². The van der Waals surface area contributed by atoms with Crippen LogP contribution in [0.15, 0.2) is 35.8 Å². The van der Waals surface area contributed by atoms with Crippen LogP contribution < -0.4 is 0 Å². The second kappa shape index (κ2) is 4.13. The van der Waals surface area contributed by atoms with Crippen LogP contribution in [0.25, 0.3) is 5.47 Å². The lowest BCUT2D eigenvalue weighted by Crippen LogP contribution is -2.12. The Morgan fingerprint density at radius 3 is 2.44 bits per heavy atom. The topological polar surface area (TPSA) is 17.1 Å². The van der Waals surface area contributed by atoms with Gasteiger partial charge in [-0.2, -0.15) is 0 Å². The summed E-state index contributed by atoms with van der Waals surface area (Å²) >= 11 is 0. The Kier molecular flexibility index (Phi) is 2.82. The summed E-state index contributed by atoms with van der Waals surface area (Å²) in [5.74, 6) is 0.